The van der Waals surface area contributed by atoms with Crippen molar-refractivity contribution in [1.82, 2.24) is 0 Å². The first kappa shape index (κ1) is 22.9. The summed E-state index contributed by atoms with van der Waals surface area (Å²) >= 11 is 0. The Morgan fingerprint density at radius 1 is 0.875 bits per heavy atom. The zero-order valence-electron chi connectivity index (χ0n) is 21.8. The fourth-order valence-corrected chi connectivity index (χ4v) is 10.3. The smallest absolute Gasteiger partial charge is 0.138 e. The Morgan fingerprint density at radius 2 is 1.56 bits per heavy atom. The van der Waals surface area contributed by atoms with E-state index in [2.05, 4.69) is 54.5 Å². The first-order chi connectivity index (χ1) is 14.8. The number of hydrogen-bond acceptors (Lipinski definition) is 2. The van der Waals surface area contributed by atoms with Gasteiger partial charge in [0.1, 0.15) is 12.1 Å². The molecule has 0 spiro atoms. The predicted molar refractivity (Wildman–Crippen MR) is 130 cm³/mol. The molecule has 5 aliphatic rings. The summed E-state index contributed by atoms with van der Waals surface area (Å²) in [5.41, 5.74) is 2.34. The summed E-state index contributed by atoms with van der Waals surface area (Å²) in [5.74, 6) is 2.05. The normalized spacial score (nSPS) is 51.4. The third-order valence-corrected chi connectivity index (χ3v) is 12.7. The molecule has 0 N–H and O–H groups in total. The van der Waals surface area contributed by atoms with Crippen molar-refractivity contribution in [3.05, 3.63) is 11.6 Å². The van der Waals surface area contributed by atoms with Gasteiger partial charge in [-0.3, -0.25) is 4.79 Å². The van der Waals surface area contributed by atoms with Gasteiger partial charge in [0, 0.05) is 17.3 Å². The molecule has 2 nitrogen and oxygen atoms in total. The maximum atomic E-state index is 12.9. The van der Waals surface area contributed by atoms with Gasteiger partial charge in [0.15, 0.2) is 0 Å². The van der Waals surface area contributed by atoms with Gasteiger partial charge in [-0.2, -0.15) is 0 Å². The third-order valence-electron chi connectivity index (χ3n) is 12.7. The Kier molecular flexibility index (Phi) is 4.71. The van der Waals surface area contributed by atoms with Gasteiger partial charge in [0.25, 0.3) is 0 Å². The predicted octanol–water partition coefficient (Wildman–Crippen LogP) is 7.56. The van der Waals surface area contributed by atoms with Crippen LogP contribution in [0.3, 0.4) is 0 Å². The zero-order chi connectivity index (χ0) is 23.4. The topological polar surface area (TPSA) is 34.1 Å². The van der Waals surface area contributed by atoms with E-state index in [-0.39, 0.29) is 27.1 Å². The largest absolute Gasteiger partial charge is 0.303 e. The van der Waals surface area contributed by atoms with Crippen molar-refractivity contribution < 1.29 is 9.59 Å². The van der Waals surface area contributed by atoms with Gasteiger partial charge in [0.05, 0.1) is 0 Å². The molecular formula is C30H46O2. The van der Waals surface area contributed by atoms with Crippen LogP contribution in [0.15, 0.2) is 11.6 Å². The SMILES string of the molecule is CC1(C)CC[C@]2(C=O)CC[C@]3(C)C(=CC[C@H]4[C@@]5(C)CCC(=O)C(C)(C)[C@H]5CC[C@]43C)[C@@H]2C1. The van der Waals surface area contributed by atoms with Crippen LogP contribution in [-0.4, -0.2) is 12.1 Å². The summed E-state index contributed by atoms with van der Waals surface area (Å²) in [4.78, 5) is 25.4. The van der Waals surface area contributed by atoms with Crippen LogP contribution in [0.1, 0.15) is 113 Å². The van der Waals surface area contributed by atoms with Crippen molar-refractivity contribution in [3.63, 3.8) is 0 Å². The van der Waals surface area contributed by atoms with Crippen LogP contribution in [0.25, 0.3) is 0 Å². The minimum absolute atomic E-state index is 0.121. The molecular weight excluding hydrogens is 392 g/mol. The van der Waals surface area contributed by atoms with Gasteiger partial charge in [-0.05, 0) is 97.2 Å². The van der Waals surface area contributed by atoms with E-state index < -0.39 is 0 Å². The van der Waals surface area contributed by atoms with Gasteiger partial charge in [-0.1, -0.05) is 60.1 Å². The molecule has 0 heterocycles. The number of hydrogen-bond donors (Lipinski definition) is 0. The van der Waals surface area contributed by atoms with Crippen molar-refractivity contribution in [2.45, 2.75) is 113 Å². The summed E-state index contributed by atoms with van der Waals surface area (Å²) in [7, 11) is 0. The molecule has 7 atom stereocenters. The number of carbonyl (C=O) groups is 2. The maximum absolute atomic E-state index is 12.9. The van der Waals surface area contributed by atoms with Crippen LogP contribution >= 0.6 is 0 Å². The standard InChI is InChI=1S/C30H46O2/c1-25(2)14-16-30(19-31)17-15-28(6)20(21(30)18-25)8-9-23-27(5)12-11-24(32)26(3,4)22(27)10-13-29(23,28)7/h8,19,21-23H,9-18H2,1-7H3/t21-,22+,23-,27-,28+,29+,30+/m0/s1. The highest BCUT2D eigenvalue weighted by Gasteiger charge is 2.68. The molecule has 32 heavy (non-hydrogen) atoms. The second kappa shape index (κ2) is 6.60. The average Bonchev–Trinajstić information content (AvgIpc) is 2.71. The molecule has 4 saturated carbocycles. The van der Waals surface area contributed by atoms with Gasteiger partial charge in [-0.15, -0.1) is 0 Å². The Hall–Kier alpha value is -0.920. The van der Waals surface area contributed by atoms with Crippen LogP contribution < -0.4 is 0 Å². The van der Waals surface area contributed by atoms with Crippen LogP contribution in [-0.2, 0) is 9.59 Å². The zero-order valence-corrected chi connectivity index (χ0v) is 21.8. The van der Waals surface area contributed by atoms with Crippen LogP contribution in [0.4, 0.5) is 0 Å². The summed E-state index contributed by atoms with van der Waals surface area (Å²) in [5, 5.41) is 0. The number of allylic oxidation sites excluding steroid dienone is 2. The second-order valence-corrected chi connectivity index (χ2v) is 14.7. The van der Waals surface area contributed by atoms with Crippen molar-refractivity contribution in [3.8, 4) is 0 Å². The molecule has 0 saturated heterocycles. The molecule has 0 aromatic heterocycles. The highest BCUT2D eigenvalue weighted by molar-refractivity contribution is 5.85. The van der Waals surface area contributed by atoms with Crippen molar-refractivity contribution >= 4 is 12.1 Å². The lowest BCUT2D eigenvalue weighted by Crippen LogP contribution is -2.64. The third kappa shape index (κ3) is 2.65. The quantitative estimate of drug-likeness (QED) is 0.313. The van der Waals surface area contributed by atoms with Gasteiger partial charge in [0.2, 0.25) is 0 Å². The molecule has 178 valence electrons. The monoisotopic (exact) mass is 438 g/mol. The highest BCUT2D eigenvalue weighted by atomic mass is 16.1. The van der Waals surface area contributed by atoms with E-state index in [9.17, 15) is 9.59 Å². The van der Waals surface area contributed by atoms with Crippen molar-refractivity contribution in [1.29, 1.82) is 0 Å². The molecule has 5 aliphatic carbocycles. The Balaban J connectivity index is 1.59. The molecule has 0 aromatic rings. The molecule has 0 aromatic carbocycles. The molecule has 4 fully saturated rings. The number of fused-ring (bicyclic) bond motifs is 7. The van der Waals surface area contributed by atoms with E-state index in [0.29, 0.717) is 29.0 Å². The van der Waals surface area contributed by atoms with Gasteiger partial charge < -0.3 is 4.79 Å². The fourth-order valence-electron chi connectivity index (χ4n) is 10.3. The highest BCUT2D eigenvalue weighted by Crippen LogP contribution is 2.75. The summed E-state index contributed by atoms with van der Waals surface area (Å²) in [6, 6.07) is 0. The van der Waals surface area contributed by atoms with E-state index in [4.69, 9.17) is 0 Å². The minimum Gasteiger partial charge on any atom is -0.303 e. The molecule has 0 amide bonds. The van der Waals surface area contributed by atoms with Crippen molar-refractivity contribution in [2.24, 2.45) is 50.2 Å². The average molecular weight is 439 g/mol. The number of rotatable bonds is 1. The lowest BCUT2D eigenvalue weighted by molar-refractivity contribution is -0.184. The molecule has 5 rings (SSSR count). The van der Waals surface area contributed by atoms with Crippen LogP contribution in [0.5, 0.6) is 0 Å². The maximum Gasteiger partial charge on any atom is 0.138 e. The Bertz CT molecular complexity index is 879. The van der Waals surface area contributed by atoms with E-state index >= 15 is 0 Å². The number of carbonyl (C=O) groups excluding carboxylic acids is 2. The van der Waals surface area contributed by atoms with Gasteiger partial charge >= 0.3 is 0 Å². The minimum atomic E-state index is -0.189. The van der Waals surface area contributed by atoms with Crippen molar-refractivity contribution in [2.75, 3.05) is 0 Å². The number of ketones is 1. The Labute approximate surface area is 196 Å². The summed E-state index contributed by atoms with van der Waals surface area (Å²) < 4.78 is 0. The van der Waals surface area contributed by atoms with Gasteiger partial charge in [-0.25, -0.2) is 0 Å². The van der Waals surface area contributed by atoms with Crippen LogP contribution in [0, 0.1) is 50.2 Å². The molecule has 0 aliphatic heterocycles. The van der Waals surface area contributed by atoms with E-state index in [0.717, 1.165) is 44.9 Å². The molecule has 0 bridgehead atoms. The first-order valence-corrected chi connectivity index (χ1v) is 13.5. The fraction of sp³-hybridized carbons (Fsp3) is 0.867. The first-order valence-electron chi connectivity index (χ1n) is 13.5. The van der Waals surface area contributed by atoms with E-state index in [1.54, 1.807) is 5.57 Å². The van der Waals surface area contributed by atoms with Crippen LogP contribution in [0.2, 0.25) is 0 Å². The lowest BCUT2D eigenvalue weighted by Gasteiger charge is -2.70. The number of Topliss-reactive ketones (excluding diaryl/α,β-unsaturated/α-hetero) is 1. The lowest BCUT2D eigenvalue weighted by atomic mass is 9.33. The summed E-state index contributed by atoms with van der Waals surface area (Å²) in [6.45, 7) is 17.0. The number of aldehydes is 1. The molecule has 0 unspecified atom stereocenters. The van der Waals surface area contributed by atoms with E-state index in [1.165, 1.54) is 25.5 Å². The summed E-state index contributed by atoms with van der Waals surface area (Å²) in [6.07, 6.45) is 15.0. The molecule has 2 heteroatoms. The Morgan fingerprint density at radius 3 is 2.25 bits per heavy atom. The van der Waals surface area contributed by atoms with E-state index in [1.807, 2.05) is 0 Å². The molecule has 0 radical (unpaired) electrons. The second-order valence-electron chi connectivity index (χ2n) is 14.7.